The number of aromatic nitrogens is 1. The lowest BCUT2D eigenvalue weighted by Crippen LogP contribution is -1.98. The molecule has 0 aliphatic rings. The Bertz CT molecular complexity index is 758. The van der Waals surface area contributed by atoms with Gasteiger partial charge in [-0.25, -0.2) is 0 Å². The number of benzene rings is 2. The topological polar surface area (TPSA) is 38.9 Å². The molecule has 0 saturated carbocycles. The summed E-state index contributed by atoms with van der Waals surface area (Å²) in [6.45, 7) is 2.03. The number of pyridine rings is 1. The van der Waals surface area contributed by atoms with Gasteiger partial charge < -0.3 is 5.73 Å². The molecule has 0 saturated heterocycles. The second kappa shape index (κ2) is 5.14. The van der Waals surface area contributed by atoms with Crippen LogP contribution in [0.2, 0.25) is 5.02 Å². The fraction of sp³-hybridized carbons (Fsp3) is 0.118. The van der Waals surface area contributed by atoms with Crippen LogP contribution in [0.15, 0.2) is 48.7 Å². The summed E-state index contributed by atoms with van der Waals surface area (Å²) in [6, 6.07) is 14.1. The van der Waals surface area contributed by atoms with E-state index in [0.717, 1.165) is 28.6 Å². The second-order valence-electron chi connectivity index (χ2n) is 5.00. The smallest absolute Gasteiger partial charge is 0.0465 e. The standard InChI is InChI=1S/C17H15ClN2/c1-11-6-14(19)8-17(18)16(11)9-15-7-12-4-2-3-5-13(12)10-20-15/h2-8,10H,9,19H2,1H3. The summed E-state index contributed by atoms with van der Waals surface area (Å²) in [5.41, 5.74) is 9.69. The van der Waals surface area contributed by atoms with Gasteiger partial charge in [0, 0.05) is 34.4 Å². The van der Waals surface area contributed by atoms with Crippen LogP contribution in [-0.4, -0.2) is 4.98 Å². The number of rotatable bonds is 2. The summed E-state index contributed by atoms with van der Waals surface area (Å²) in [5, 5.41) is 3.05. The molecule has 3 aromatic rings. The van der Waals surface area contributed by atoms with E-state index in [1.54, 1.807) is 6.07 Å². The molecule has 0 unspecified atom stereocenters. The lowest BCUT2D eigenvalue weighted by atomic mass is 10.0. The highest BCUT2D eigenvalue weighted by atomic mass is 35.5. The molecule has 1 aromatic heterocycles. The van der Waals surface area contributed by atoms with Crippen LogP contribution in [-0.2, 0) is 6.42 Å². The van der Waals surface area contributed by atoms with Crippen LogP contribution in [0.1, 0.15) is 16.8 Å². The third-order valence-electron chi connectivity index (χ3n) is 3.49. The van der Waals surface area contributed by atoms with E-state index in [4.69, 9.17) is 17.3 Å². The minimum atomic E-state index is 0.697. The molecule has 0 spiro atoms. The number of aryl methyl sites for hydroxylation is 1. The molecule has 2 aromatic carbocycles. The van der Waals surface area contributed by atoms with Gasteiger partial charge in [-0.15, -0.1) is 0 Å². The highest BCUT2D eigenvalue weighted by Crippen LogP contribution is 2.26. The first-order valence-electron chi connectivity index (χ1n) is 6.51. The number of nitrogen functional groups attached to an aromatic ring is 1. The highest BCUT2D eigenvalue weighted by molar-refractivity contribution is 6.31. The first-order chi connectivity index (χ1) is 9.63. The summed E-state index contributed by atoms with van der Waals surface area (Å²) >= 11 is 6.30. The van der Waals surface area contributed by atoms with E-state index in [1.807, 2.05) is 31.3 Å². The van der Waals surface area contributed by atoms with Gasteiger partial charge in [0.2, 0.25) is 0 Å². The molecule has 100 valence electrons. The van der Waals surface area contributed by atoms with Crippen molar-refractivity contribution in [1.82, 2.24) is 4.98 Å². The number of halogens is 1. The first-order valence-corrected chi connectivity index (χ1v) is 6.89. The normalized spacial score (nSPS) is 10.9. The van der Waals surface area contributed by atoms with Crippen LogP contribution in [0.25, 0.3) is 10.8 Å². The van der Waals surface area contributed by atoms with Crippen LogP contribution >= 0.6 is 11.6 Å². The summed E-state index contributed by atoms with van der Waals surface area (Å²) in [7, 11) is 0. The van der Waals surface area contributed by atoms with Crippen LogP contribution in [0.3, 0.4) is 0 Å². The molecule has 0 atom stereocenters. The van der Waals surface area contributed by atoms with E-state index >= 15 is 0 Å². The third kappa shape index (κ3) is 2.47. The van der Waals surface area contributed by atoms with E-state index in [9.17, 15) is 0 Å². The Kier molecular flexibility index (Phi) is 3.33. The molecule has 2 nitrogen and oxygen atoms in total. The van der Waals surface area contributed by atoms with E-state index in [1.165, 1.54) is 5.39 Å². The Morgan fingerprint density at radius 2 is 1.85 bits per heavy atom. The molecule has 20 heavy (non-hydrogen) atoms. The van der Waals surface area contributed by atoms with Crippen molar-refractivity contribution in [3.05, 3.63) is 70.5 Å². The van der Waals surface area contributed by atoms with E-state index in [0.29, 0.717) is 10.7 Å². The van der Waals surface area contributed by atoms with Crippen LogP contribution in [0.4, 0.5) is 5.69 Å². The zero-order chi connectivity index (χ0) is 14.1. The van der Waals surface area contributed by atoms with Gasteiger partial charge in [-0.3, -0.25) is 4.98 Å². The van der Waals surface area contributed by atoms with E-state index < -0.39 is 0 Å². The van der Waals surface area contributed by atoms with Crippen LogP contribution < -0.4 is 5.73 Å². The molecule has 3 rings (SSSR count). The predicted molar refractivity (Wildman–Crippen MR) is 85.2 cm³/mol. The molecule has 0 radical (unpaired) electrons. The summed E-state index contributed by atoms with van der Waals surface area (Å²) in [6.07, 6.45) is 2.63. The Morgan fingerprint density at radius 1 is 1.10 bits per heavy atom. The van der Waals surface area contributed by atoms with Gasteiger partial charge in [0.15, 0.2) is 0 Å². The summed E-state index contributed by atoms with van der Waals surface area (Å²) in [5.74, 6) is 0. The minimum Gasteiger partial charge on any atom is -0.399 e. The van der Waals surface area contributed by atoms with Crippen molar-refractivity contribution in [2.24, 2.45) is 0 Å². The van der Waals surface area contributed by atoms with Crippen molar-refractivity contribution >= 4 is 28.1 Å². The van der Waals surface area contributed by atoms with E-state index in [2.05, 4.69) is 23.2 Å². The van der Waals surface area contributed by atoms with Gasteiger partial charge in [0.05, 0.1) is 0 Å². The number of hydrogen-bond donors (Lipinski definition) is 1. The van der Waals surface area contributed by atoms with Crippen molar-refractivity contribution in [2.45, 2.75) is 13.3 Å². The molecule has 2 N–H and O–H groups in total. The van der Waals surface area contributed by atoms with Gasteiger partial charge in [-0.1, -0.05) is 35.9 Å². The number of nitrogens with zero attached hydrogens (tertiary/aromatic N) is 1. The molecule has 0 amide bonds. The quantitative estimate of drug-likeness (QED) is 0.709. The SMILES string of the molecule is Cc1cc(N)cc(Cl)c1Cc1cc2ccccc2cn1. The van der Waals surface area contributed by atoms with Gasteiger partial charge in [-0.05, 0) is 41.6 Å². The monoisotopic (exact) mass is 282 g/mol. The van der Waals surface area contributed by atoms with Crippen molar-refractivity contribution in [3.63, 3.8) is 0 Å². The van der Waals surface area contributed by atoms with Gasteiger partial charge in [-0.2, -0.15) is 0 Å². The minimum absolute atomic E-state index is 0.697. The molecule has 1 heterocycles. The fourth-order valence-corrected chi connectivity index (χ4v) is 2.77. The predicted octanol–water partition coefficient (Wildman–Crippen LogP) is 4.37. The zero-order valence-electron chi connectivity index (χ0n) is 11.2. The van der Waals surface area contributed by atoms with Crippen molar-refractivity contribution in [1.29, 1.82) is 0 Å². The van der Waals surface area contributed by atoms with E-state index in [-0.39, 0.29) is 0 Å². The summed E-state index contributed by atoms with van der Waals surface area (Å²) < 4.78 is 0. The second-order valence-corrected chi connectivity index (χ2v) is 5.40. The zero-order valence-corrected chi connectivity index (χ0v) is 12.0. The first kappa shape index (κ1) is 12.9. The third-order valence-corrected chi connectivity index (χ3v) is 3.82. The number of nitrogens with two attached hydrogens (primary N) is 1. The molecular weight excluding hydrogens is 268 g/mol. The average molecular weight is 283 g/mol. The Balaban J connectivity index is 2.01. The maximum absolute atomic E-state index is 6.30. The number of anilines is 1. The summed E-state index contributed by atoms with van der Waals surface area (Å²) in [4.78, 5) is 4.52. The molecule has 0 fully saturated rings. The Morgan fingerprint density at radius 3 is 2.60 bits per heavy atom. The Labute approximate surface area is 123 Å². The largest absolute Gasteiger partial charge is 0.399 e. The lowest BCUT2D eigenvalue weighted by Gasteiger charge is -2.10. The highest BCUT2D eigenvalue weighted by Gasteiger charge is 2.08. The molecular formula is C17H15ClN2. The number of hydrogen-bond acceptors (Lipinski definition) is 2. The fourth-order valence-electron chi connectivity index (χ4n) is 2.43. The van der Waals surface area contributed by atoms with Crippen LogP contribution in [0, 0.1) is 6.92 Å². The maximum Gasteiger partial charge on any atom is 0.0465 e. The van der Waals surface area contributed by atoms with Crippen molar-refractivity contribution in [2.75, 3.05) is 5.73 Å². The Hall–Kier alpha value is -2.06. The van der Waals surface area contributed by atoms with Crippen LogP contribution in [0.5, 0.6) is 0 Å². The molecule has 3 heteroatoms. The molecule has 0 aliphatic carbocycles. The van der Waals surface area contributed by atoms with Gasteiger partial charge in [0.25, 0.3) is 0 Å². The van der Waals surface area contributed by atoms with Crippen molar-refractivity contribution < 1.29 is 0 Å². The lowest BCUT2D eigenvalue weighted by molar-refractivity contribution is 1.07. The van der Waals surface area contributed by atoms with Gasteiger partial charge in [0.1, 0.15) is 0 Å². The van der Waals surface area contributed by atoms with Gasteiger partial charge >= 0.3 is 0 Å². The number of fused-ring (bicyclic) bond motifs is 1. The van der Waals surface area contributed by atoms with Crippen molar-refractivity contribution in [3.8, 4) is 0 Å². The molecule has 0 bridgehead atoms. The average Bonchev–Trinajstić information content (AvgIpc) is 2.42. The maximum atomic E-state index is 6.30. The molecule has 0 aliphatic heterocycles.